The summed E-state index contributed by atoms with van der Waals surface area (Å²) in [5.41, 5.74) is 1.92. The fourth-order valence-corrected chi connectivity index (χ4v) is 2.29. The highest BCUT2D eigenvalue weighted by Crippen LogP contribution is 2.18. The molecule has 3 heteroatoms. The van der Waals surface area contributed by atoms with Gasteiger partial charge >= 0.3 is 0 Å². The molecule has 2 rings (SSSR count). The number of nitriles is 1. The third-order valence-corrected chi connectivity index (χ3v) is 3.95. The molecule has 1 heterocycles. The summed E-state index contributed by atoms with van der Waals surface area (Å²) in [6.45, 7) is 8.37. The summed E-state index contributed by atoms with van der Waals surface area (Å²) in [7, 11) is 0. The van der Waals surface area contributed by atoms with E-state index in [0.717, 1.165) is 18.8 Å². The van der Waals surface area contributed by atoms with Crippen molar-refractivity contribution in [3.8, 4) is 6.07 Å². The first-order chi connectivity index (χ1) is 10.1. The first kappa shape index (κ1) is 15.3. The second-order valence-corrected chi connectivity index (χ2v) is 5.78. The lowest BCUT2D eigenvalue weighted by atomic mass is 10.0. The van der Waals surface area contributed by atoms with Crippen molar-refractivity contribution in [1.82, 2.24) is 4.90 Å². The van der Waals surface area contributed by atoms with E-state index in [-0.39, 0.29) is 0 Å². The van der Waals surface area contributed by atoms with E-state index in [0.29, 0.717) is 17.5 Å². The topological polar surface area (TPSA) is 40.2 Å². The number of nitrogens with zero attached hydrogens (tertiary/aromatic N) is 2. The van der Waals surface area contributed by atoms with Crippen LogP contribution in [-0.2, 0) is 13.1 Å². The minimum absolute atomic E-state index is 0.450. The van der Waals surface area contributed by atoms with Crippen molar-refractivity contribution < 1.29 is 4.42 Å². The van der Waals surface area contributed by atoms with Gasteiger partial charge in [-0.3, -0.25) is 4.90 Å². The fraction of sp³-hybridized carbons (Fsp3) is 0.389. The standard InChI is InChI=1S/C18H22N2O/c1-14(2)15(3)20(13-18-5-4-10-21-18)12-17-8-6-16(11-19)7-9-17/h4-10,14-15H,12-13H2,1-3H3/t15-/m1/s1. The Morgan fingerprint density at radius 1 is 1.10 bits per heavy atom. The molecule has 0 aliphatic carbocycles. The molecule has 1 atom stereocenters. The SMILES string of the molecule is CC(C)[C@@H](C)N(Cc1ccc(C#N)cc1)Cc1ccco1. The maximum atomic E-state index is 8.87. The predicted molar refractivity (Wildman–Crippen MR) is 83.4 cm³/mol. The Hall–Kier alpha value is -2.05. The maximum Gasteiger partial charge on any atom is 0.117 e. The molecule has 0 saturated carbocycles. The van der Waals surface area contributed by atoms with E-state index in [4.69, 9.17) is 9.68 Å². The monoisotopic (exact) mass is 282 g/mol. The molecule has 21 heavy (non-hydrogen) atoms. The van der Waals surface area contributed by atoms with Gasteiger partial charge in [0.15, 0.2) is 0 Å². The molecule has 0 unspecified atom stereocenters. The Kier molecular flexibility index (Phi) is 5.19. The summed E-state index contributed by atoms with van der Waals surface area (Å²) in [6.07, 6.45) is 1.72. The Balaban J connectivity index is 2.12. The van der Waals surface area contributed by atoms with Crippen LogP contribution in [0.15, 0.2) is 47.1 Å². The molecule has 0 saturated heterocycles. The van der Waals surface area contributed by atoms with E-state index in [1.54, 1.807) is 6.26 Å². The normalized spacial score (nSPS) is 12.6. The highest BCUT2D eigenvalue weighted by Gasteiger charge is 2.18. The van der Waals surface area contributed by atoms with Crippen LogP contribution in [0.5, 0.6) is 0 Å². The zero-order valence-electron chi connectivity index (χ0n) is 12.9. The molecule has 0 N–H and O–H groups in total. The lowest BCUT2D eigenvalue weighted by Gasteiger charge is -2.31. The molecule has 0 radical (unpaired) electrons. The van der Waals surface area contributed by atoms with Crippen LogP contribution in [0.25, 0.3) is 0 Å². The highest BCUT2D eigenvalue weighted by molar-refractivity contribution is 5.31. The number of benzene rings is 1. The van der Waals surface area contributed by atoms with E-state index in [1.165, 1.54) is 5.56 Å². The molecule has 3 nitrogen and oxygen atoms in total. The second kappa shape index (κ2) is 7.10. The zero-order valence-corrected chi connectivity index (χ0v) is 12.9. The molecule has 0 aliphatic rings. The van der Waals surface area contributed by atoms with Gasteiger partial charge in [-0.25, -0.2) is 0 Å². The molecule has 2 aromatic rings. The van der Waals surface area contributed by atoms with Crippen molar-refractivity contribution in [2.75, 3.05) is 0 Å². The van der Waals surface area contributed by atoms with Crippen molar-refractivity contribution in [3.05, 3.63) is 59.5 Å². The lowest BCUT2D eigenvalue weighted by Crippen LogP contribution is -2.35. The third-order valence-electron chi connectivity index (χ3n) is 3.95. The van der Waals surface area contributed by atoms with Gasteiger partial charge in [0.05, 0.1) is 24.4 Å². The molecule has 0 fully saturated rings. The average Bonchev–Trinajstić information content (AvgIpc) is 2.99. The molecule has 0 bridgehead atoms. The third kappa shape index (κ3) is 4.21. The number of rotatable bonds is 6. The van der Waals surface area contributed by atoms with Crippen molar-refractivity contribution in [2.24, 2.45) is 5.92 Å². The van der Waals surface area contributed by atoms with E-state index in [9.17, 15) is 0 Å². The summed E-state index contributed by atoms with van der Waals surface area (Å²) in [5, 5.41) is 8.87. The van der Waals surface area contributed by atoms with Crippen molar-refractivity contribution >= 4 is 0 Å². The highest BCUT2D eigenvalue weighted by atomic mass is 16.3. The first-order valence-electron chi connectivity index (χ1n) is 7.35. The van der Waals surface area contributed by atoms with Gasteiger partial charge in [-0.2, -0.15) is 5.26 Å². The Labute approximate surface area is 126 Å². The molecular weight excluding hydrogens is 260 g/mol. The Morgan fingerprint density at radius 3 is 2.33 bits per heavy atom. The molecule has 1 aromatic heterocycles. The minimum atomic E-state index is 0.450. The van der Waals surface area contributed by atoms with Crippen LogP contribution in [0.3, 0.4) is 0 Å². The van der Waals surface area contributed by atoms with Gasteiger partial charge < -0.3 is 4.42 Å². The second-order valence-electron chi connectivity index (χ2n) is 5.78. The van der Waals surface area contributed by atoms with Gasteiger partial charge in [0, 0.05) is 12.6 Å². The fourth-order valence-electron chi connectivity index (χ4n) is 2.29. The van der Waals surface area contributed by atoms with Crippen LogP contribution in [0, 0.1) is 17.2 Å². The van der Waals surface area contributed by atoms with Gasteiger partial charge in [0.2, 0.25) is 0 Å². The van der Waals surface area contributed by atoms with Crippen LogP contribution in [0.4, 0.5) is 0 Å². The van der Waals surface area contributed by atoms with Crippen molar-refractivity contribution in [1.29, 1.82) is 5.26 Å². The van der Waals surface area contributed by atoms with E-state index in [1.807, 2.05) is 36.4 Å². The quantitative estimate of drug-likeness (QED) is 0.797. The summed E-state index contributed by atoms with van der Waals surface area (Å²) < 4.78 is 5.48. The zero-order chi connectivity index (χ0) is 15.2. The summed E-state index contributed by atoms with van der Waals surface area (Å²) in [4.78, 5) is 2.41. The molecular formula is C18H22N2O. The van der Waals surface area contributed by atoms with E-state index < -0.39 is 0 Å². The number of hydrogen-bond donors (Lipinski definition) is 0. The molecule has 1 aromatic carbocycles. The predicted octanol–water partition coefficient (Wildman–Crippen LogP) is 4.20. The molecule has 110 valence electrons. The summed E-state index contributed by atoms with van der Waals surface area (Å²) in [5.74, 6) is 1.55. The number of furan rings is 1. The molecule has 0 amide bonds. The van der Waals surface area contributed by atoms with Crippen LogP contribution < -0.4 is 0 Å². The van der Waals surface area contributed by atoms with Gasteiger partial charge in [-0.1, -0.05) is 26.0 Å². The van der Waals surface area contributed by atoms with Crippen molar-refractivity contribution in [2.45, 2.75) is 39.9 Å². The summed E-state index contributed by atoms with van der Waals surface area (Å²) >= 11 is 0. The van der Waals surface area contributed by atoms with Crippen molar-refractivity contribution in [3.63, 3.8) is 0 Å². The van der Waals surface area contributed by atoms with Crippen LogP contribution in [-0.4, -0.2) is 10.9 Å². The minimum Gasteiger partial charge on any atom is -0.468 e. The van der Waals surface area contributed by atoms with Crippen LogP contribution in [0.1, 0.15) is 37.7 Å². The lowest BCUT2D eigenvalue weighted by molar-refractivity contribution is 0.140. The maximum absolute atomic E-state index is 8.87. The smallest absolute Gasteiger partial charge is 0.117 e. The van der Waals surface area contributed by atoms with Gasteiger partial charge in [-0.05, 0) is 42.7 Å². The molecule has 0 spiro atoms. The van der Waals surface area contributed by atoms with E-state index >= 15 is 0 Å². The van der Waals surface area contributed by atoms with Crippen LogP contribution >= 0.6 is 0 Å². The van der Waals surface area contributed by atoms with Crippen LogP contribution in [0.2, 0.25) is 0 Å². The largest absolute Gasteiger partial charge is 0.468 e. The molecule has 0 aliphatic heterocycles. The first-order valence-corrected chi connectivity index (χ1v) is 7.35. The van der Waals surface area contributed by atoms with E-state index in [2.05, 4.69) is 31.7 Å². The number of hydrogen-bond acceptors (Lipinski definition) is 3. The average molecular weight is 282 g/mol. The summed E-state index contributed by atoms with van der Waals surface area (Å²) in [6, 6.07) is 14.4. The Bertz CT molecular complexity index is 579. The van der Waals surface area contributed by atoms with Gasteiger partial charge in [0.25, 0.3) is 0 Å². The van der Waals surface area contributed by atoms with Gasteiger partial charge in [-0.15, -0.1) is 0 Å². The van der Waals surface area contributed by atoms with Gasteiger partial charge in [0.1, 0.15) is 5.76 Å². The Morgan fingerprint density at radius 2 is 1.81 bits per heavy atom.